The van der Waals surface area contributed by atoms with Crippen molar-refractivity contribution in [3.8, 4) is 0 Å². The fraction of sp³-hybridized carbons (Fsp3) is 0.769. The molecule has 104 valence electrons. The molecule has 1 saturated carbocycles. The van der Waals surface area contributed by atoms with E-state index in [9.17, 15) is 4.79 Å². The molecule has 1 saturated heterocycles. The van der Waals surface area contributed by atoms with Crippen molar-refractivity contribution in [2.45, 2.75) is 38.1 Å². The van der Waals surface area contributed by atoms with Gasteiger partial charge in [-0.05, 0) is 32.2 Å². The number of hydrogen-bond donors (Lipinski definition) is 0. The van der Waals surface area contributed by atoms with Gasteiger partial charge in [0.1, 0.15) is 0 Å². The van der Waals surface area contributed by atoms with Gasteiger partial charge in [-0.3, -0.25) is 9.69 Å². The van der Waals surface area contributed by atoms with Crippen LogP contribution in [-0.2, 0) is 16.1 Å². The molecule has 0 aromatic carbocycles. The third-order valence-corrected chi connectivity index (χ3v) is 3.82. The first-order valence-corrected chi connectivity index (χ1v) is 6.89. The Balaban J connectivity index is 1.57. The largest absolute Gasteiger partial charge is 0.469 e. The molecule has 3 rings (SSSR count). The van der Waals surface area contributed by atoms with Crippen LogP contribution in [0.5, 0.6) is 0 Å². The zero-order valence-electron chi connectivity index (χ0n) is 11.2. The van der Waals surface area contributed by atoms with Gasteiger partial charge in [-0.25, -0.2) is 0 Å². The summed E-state index contributed by atoms with van der Waals surface area (Å²) in [6.07, 6.45) is 4.24. The van der Waals surface area contributed by atoms with E-state index in [2.05, 4.69) is 15.0 Å². The molecule has 0 bridgehead atoms. The van der Waals surface area contributed by atoms with Crippen LogP contribution in [0.15, 0.2) is 4.52 Å². The van der Waals surface area contributed by atoms with E-state index in [0.29, 0.717) is 12.5 Å². The molecule has 0 amide bonds. The minimum Gasteiger partial charge on any atom is -0.469 e. The van der Waals surface area contributed by atoms with Crippen LogP contribution in [0, 0.1) is 5.92 Å². The molecule has 2 fully saturated rings. The van der Waals surface area contributed by atoms with Gasteiger partial charge in [-0.1, -0.05) is 5.16 Å². The van der Waals surface area contributed by atoms with E-state index in [0.717, 1.165) is 50.5 Å². The molecule has 1 atom stereocenters. The lowest BCUT2D eigenvalue weighted by molar-refractivity contribution is -0.147. The van der Waals surface area contributed by atoms with Gasteiger partial charge in [-0.15, -0.1) is 0 Å². The minimum atomic E-state index is -0.114. The highest BCUT2D eigenvalue weighted by Gasteiger charge is 2.31. The van der Waals surface area contributed by atoms with Crippen molar-refractivity contribution < 1.29 is 14.1 Å². The van der Waals surface area contributed by atoms with Gasteiger partial charge in [0.05, 0.1) is 19.6 Å². The number of carbonyl (C=O) groups is 1. The summed E-state index contributed by atoms with van der Waals surface area (Å²) >= 11 is 0. The molecule has 6 heteroatoms. The molecular formula is C13H19N3O3. The number of carbonyl (C=O) groups excluding carboxylic acids is 1. The van der Waals surface area contributed by atoms with Crippen molar-refractivity contribution in [3.05, 3.63) is 11.7 Å². The van der Waals surface area contributed by atoms with E-state index in [1.54, 1.807) is 0 Å². The highest BCUT2D eigenvalue weighted by atomic mass is 16.5. The number of rotatable bonds is 4. The Labute approximate surface area is 112 Å². The Kier molecular flexibility index (Phi) is 3.50. The van der Waals surface area contributed by atoms with Crippen LogP contribution in [0.4, 0.5) is 0 Å². The van der Waals surface area contributed by atoms with Crippen molar-refractivity contribution in [1.29, 1.82) is 0 Å². The second-order valence-electron chi connectivity index (χ2n) is 5.42. The van der Waals surface area contributed by atoms with Gasteiger partial charge in [0.2, 0.25) is 5.89 Å². The average Bonchev–Trinajstić information content (AvgIpc) is 3.19. The molecule has 1 aromatic rings. The standard InChI is InChI=1S/C13H19N3O3/c1-18-13(17)10-3-2-6-16(7-10)8-11-14-12(19-15-11)9-4-5-9/h9-10H,2-8H2,1H3. The molecular weight excluding hydrogens is 246 g/mol. The number of likely N-dealkylation sites (tertiary alicyclic amines) is 1. The Bertz CT molecular complexity index is 456. The quantitative estimate of drug-likeness (QED) is 0.765. The van der Waals surface area contributed by atoms with Gasteiger partial charge in [0, 0.05) is 12.5 Å². The van der Waals surface area contributed by atoms with Crippen molar-refractivity contribution in [2.24, 2.45) is 5.92 Å². The lowest BCUT2D eigenvalue weighted by Gasteiger charge is -2.30. The van der Waals surface area contributed by atoms with Crippen LogP contribution < -0.4 is 0 Å². The number of aromatic nitrogens is 2. The smallest absolute Gasteiger partial charge is 0.309 e. The lowest BCUT2D eigenvalue weighted by Crippen LogP contribution is -2.38. The fourth-order valence-electron chi connectivity index (χ4n) is 2.59. The molecule has 1 aliphatic carbocycles. The molecule has 0 spiro atoms. The number of ether oxygens (including phenoxy) is 1. The van der Waals surface area contributed by atoms with Crippen LogP contribution >= 0.6 is 0 Å². The fourth-order valence-corrected chi connectivity index (χ4v) is 2.59. The first kappa shape index (κ1) is 12.6. The van der Waals surface area contributed by atoms with Crippen LogP contribution in [-0.4, -0.2) is 41.2 Å². The van der Waals surface area contributed by atoms with E-state index in [-0.39, 0.29) is 11.9 Å². The van der Waals surface area contributed by atoms with E-state index in [1.165, 1.54) is 7.11 Å². The zero-order chi connectivity index (χ0) is 13.2. The molecule has 1 aliphatic heterocycles. The van der Waals surface area contributed by atoms with Crippen molar-refractivity contribution in [3.63, 3.8) is 0 Å². The van der Waals surface area contributed by atoms with E-state index < -0.39 is 0 Å². The molecule has 2 heterocycles. The summed E-state index contributed by atoms with van der Waals surface area (Å²) in [6.45, 7) is 2.35. The monoisotopic (exact) mass is 265 g/mol. The number of piperidine rings is 1. The van der Waals surface area contributed by atoms with Gasteiger partial charge >= 0.3 is 5.97 Å². The van der Waals surface area contributed by atoms with Crippen LogP contribution in [0.3, 0.4) is 0 Å². The van der Waals surface area contributed by atoms with Gasteiger partial charge in [0.25, 0.3) is 0 Å². The summed E-state index contributed by atoms with van der Waals surface area (Å²) in [5.74, 6) is 1.86. The molecule has 6 nitrogen and oxygen atoms in total. The Morgan fingerprint density at radius 2 is 2.32 bits per heavy atom. The number of nitrogens with zero attached hydrogens (tertiary/aromatic N) is 3. The van der Waals surface area contributed by atoms with Crippen molar-refractivity contribution >= 4 is 5.97 Å². The topological polar surface area (TPSA) is 68.5 Å². The van der Waals surface area contributed by atoms with Gasteiger partial charge in [-0.2, -0.15) is 4.98 Å². The van der Waals surface area contributed by atoms with Crippen molar-refractivity contribution in [1.82, 2.24) is 15.0 Å². The average molecular weight is 265 g/mol. The third kappa shape index (κ3) is 2.94. The maximum Gasteiger partial charge on any atom is 0.309 e. The maximum absolute atomic E-state index is 11.6. The predicted octanol–water partition coefficient (Wildman–Crippen LogP) is 1.33. The van der Waals surface area contributed by atoms with E-state index in [4.69, 9.17) is 9.26 Å². The zero-order valence-corrected chi connectivity index (χ0v) is 11.2. The minimum absolute atomic E-state index is 0.0199. The summed E-state index contributed by atoms with van der Waals surface area (Å²) in [5, 5.41) is 4.02. The SMILES string of the molecule is COC(=O)C1CCCN(Cc2noc(C3CC3)n2)C1. The maximum atomic E-state index is 11.6. The van der Waals surface area contributed by atoms with Gasteiger partial charge < -0.3 is 9.26 Å². The normalized spacial score (nSPS) is 24.4. The first-order valence-electron chi connectivity index (χ1n) is 6.89. The van der Waals surface area contributed by atoms with Crippen LogP contribution in [0.1, 0.15) is 43.3 Å². The summed E-state index contributed by atoms with van der Waals surface area (Å²) in [7, 11) is 1.45. The summed E-state index contributed by atoms with van der Waals surface area (Å²) in [5.41, 5.74) is 0. The highest BCUT2D eigenvalue weighted by molar-refractivity contribution is 5.72. The Morgan fingerprint density at radius 3 is 3.05 bits per heavy atom. The van der Waals surface area contributed by atoms with Gasteiger partial charge in [0.15, 0.2) is 5.82 Å². The molecule has 2 aliphatic rings. The van der Waals surface area contributed by atoms with Crippen molar-refractivity contribution in [2.75, 3.05) is 20.2 Å². The molecule has 0 N–H and O–H groups in total. The highest BCUT2D eigenvalue weighted by Crippen LogP contribution is 2.38. The molecule has 1 aromatic heterocycles. The summed E-state index contributed by atoms with van der Waals surface area (Å²) < 4.78 is 10.1. The van der Waals surface area contributed by atoms with E-state index >= 15 is 0 Å². The summed E-state index contributed by atoms with van der Waals surface area (Å²) in [4.78, 5) is 18.2. The Morgan fingerprint density at radius 1 is 1.47 bits per heavy atom. The number of esters is 1. The number of methoxy groups -OCH3 is 1. The summed E-state index contributed by atoms with van der Waals surface area (Å²) in [6, 6.07) is 0. The Hall–Kier alpha value is -1.43. The predicted molar refractivity (Wildman–Crippen MR) is 66.3 cm³/mol. The molecule has 1 unspecified atom stereocenters. The van der Waals surface area contributed by atoms with Crippen LogP contribution in [0.2, 0.25) is 0 Å². The lowest BCUT2D eigenvalue weighted by atomic mass is 9.98. The van der Waals surface area contributed by atoms with Crippen LogP contribution in [0.25, 0.3) is 0 Å². The first-order chi connectivity index (χ1) is 9.26. The molecule has 0 radical (unpaired) electrons. The third-order valence-electron chi connectivity index (χ3n) is 3.82. The number of hydrogen-bond acceptors (Lipinski definition) is 6. The second-order valence-corrected chi connectivity index (χ2v) is 5.42. The molecule has 19 heavy (non-hydrogen) atoms. The van der Waals surface area contributed by atoms with E-state index in [1.807, 2.05) is 0 Å². The second kappa shape index (κ2) is 5.28.